The van der Waals surface area contributed by atoms with Crippen LogP contribution in [0.25, 0.3) is 10.4 Å². The number of carbonyl (C=O) groups is 1. The van der Waals surface area contributed by atoms with Gasteiger partial charge in [0.25, 0.3) is 5.91 Å². The maximum atomic E-state index is 13.0. The number of thiophene rings is 1. The van der Waals surface area contributed by atoms with Crippen LogP contribution in [-0.2, 0) is 11.2 Å². The first-order valence-electron chi connectivity index (χ1n) is 7.89. The summed E-state index contributed by atoms with van der Waals surface area (Å²) in [5.41, 5.74) is 9.45. The van der Waals surface area contributed by atoms with Gasteiger partial charge in [0.2, 0.25) is 0 Å². The lowest BCUT2D eigenvalue weighted by molar-refractivity contribution is 0.102. The van der Waals surface area contributed by atoms with Gasteiger partial charge in [-0.1, -0.05) is 29.5 Å². The molecule has 0 spiro atoms. The molecule has 1 aromatic carbocycles. The van der Waals surface area contributed by atoms with Gasteiger partial charge in [0.15, 0.2) is 10.3 Å². The number of hydrogen-bond donors (Lipinski definition) is 2. The number of nitrogens with two attached hydrogens (primary N) is 1. The Hall–Kier alpha value is -2.29. The van der Waals surface area contributed by atoms with Crippen molar-refractivity contribution in [1.29, 1.82) is 0 Å². The second-order valence-corrected chi connectivity index (χ2v) is 7.86. The number of nitrogens with zero attached hydrogens (tertiary/aromatic N) is 1. The van der Waals surface area contributed by atoms with Gasteiger partial charge >= 0.3 is 0 Å². The molecule has 26 heavy (non-hydrogen) atoms. The number of halogens is 1. The molecule has 0 unspecified atom stereocenters. The zero-order valence-corrected chi connectivity index (χ0v) is 16.0. The molecular weight excluding hydrogens is 373 g/mol. The monoisotopic (exact) mass is 391 g/mol. The van der Waals surface area contributed by atoms with Gasteiger partial charge < -0.3 is 10.5 Å². The van der Waals surface area contributed by atoms with Gasteiger partial charge in [0, 0.05) is 28.1 Å². The standard InChI is InChI=1S/C18H18FN3O2S2/c1-10-13(17(23)22-18-21-9-15(19)26-18)8-14(25-10)12-5-3-4-11(16(12)20)6-7-24-2/h3-5,8-9H,6-7,20H2,1-2H3,(H,21,22,23). The van der Waals surface area contributed by atoms with E-state index in [2.05, 4.69) is 10.3 Å². The third-order valence-corrected chi connectivity index (χ3v) is 5.68. The Morgan fingerprint density at radius 3 is 2.88 bits per heavy atom. The molecule has 0 fully saturated rings. The summed E-state index contributed by atoms with van der Waals surface area (Å²) < 4.78 is 18.2. The Labute approximate surface area is 158 Å². The van der Waals surface area contributed by atoms with E-state index in [-0.39, 0.29) is 11.0 Å². The predicted octanol–water partition coefficient (Wildman–Crippen LogP) is 4.34. The second-order valence-electron chi connectivity index (χ2n) is 5.63. The summed E-state index contributed by atoms with van der Waals surface area (Å²) in [6.45, 7) is 2.46. The van der Waals surface area contributed by atoms with E-state index in [9.17, 15) is 9.18 Å². The van der Waals surface area contributed by atoms with Crippen LogP contribution in [0.2, 0.25) is 0 Å². The van der Waals surface area contributed by atoms with Crippen LogP contribution < -0.4 is 11.1 Å². The van der Waals surface area contributed by atoms with Crippen molar-refractivity contribution in [2.24, 2.45) is 0 Å². The highest BCUT2D eigenvalue weighted by atomic mass is 32.1. The van der Waals surface area contributed by atoms with E-state index >= 15 is 0 Å². The molecule has 0 bridgehead atoms. The Balaban J connectivity index is 1.87. The third kappa shape index (κ3) is 3.92. The van der Waals surface area contributed by atoms with Crippen molar-refractivity contribution < 1.29 is 13.9 Å². The van der Waals surface area contributed by atoms with Crippen LogP contribution in [-0.4, -0.2) is 24.6 Å². The predicted molar refractivity (Wildman–Crippen MR) is 105 cm³/mol. The number of nitrogen functional groups attached to an aromatic ring is 1. The largest absolute Gasteiger partial charge is 0.398 e. The number of methoxy groups -OCH3 is 1. The number of thiazole rings is 1. The maximum absolute atomic E-state index is 13.0. The van der Waals surface area contributed by atoms with Crippen LogP contribution in [0.15, 0.2) is 30.5 Å². The molecule has 0 radical (unpaired) electrons. The Kier molecular flexibility index (Phi) is 5.65. The van der Waals surface area contributed by atoms with E-state index in [4.69, 9.17) is 10.5 Å². The van der Waals surface area contributed by atoms with Crippen LogP contribution >= 0.6 is 22.7 Å². The minimum absolute atomic E-state index is 0.237. The van der Waals surface area contributed by atoms with Crippen molar-refractivity contribution in [3.8, 4) is 10.4 Å². The topological polar surface area (TPSA) is 77.2 Å². The van der Waals surface area contributed by atoms with Crippen LogP contribution in [0, 0.1) is 12.1 Å². The summed E-state index contributed by atoms with van der Waals surface area (Å²) in [6, 6.07) is 7.67. The first-order chi connectivity index (χ1) is 12.5. The van der Waals surface area contributed by atoms with Crippen LogP contribution in [0.1, 0.15) is 20.8 Å². The average molecular weight is 391 g/mol. The number of para-hydroxylation sites is 1. The molecule has 2 aromatic heterocycles. The molecule has 1 amide bonds. The fraction of sp³-hybridized carbons (Fsp3) is 0.222. The van der Waals surface area contributed by atoms with E-state index in [0.717, 1.165) is 44.8 Å². The van der Waals surface area contributed by atoms with Crippen molar-refractivity contribution in [3.05, 3.63) is 51.6 Å². The Morgan fingerprint density at radius 2 is 2.19 bits per heavy atom. The minimum Gasteiger partial charge on any atom is -0.398 e. The molecule has 0 saturated carbocycles. The zero-order chi connectivity index (χ0) is 18.7. The van der Waals surface area contributed by atoms with Crippen LogP contribution in [0.3, 0.4) is 0 Å². The number of amides is 1. The lowest BCUT2D eigenvalue weighted by Gasteiger charge is -2.09. The Morgan fingerprint density at radius 1 is 1.38 bits per heavy atom. The van der Waals surface area contributed by atoms with Gasteiger partial charge in [-0.3, -0.25) is 10.1 Å². The molecule has 3 N–H and O–H groups in total. The number of hydrogen-bond acceptors (Lipinski definition) is 6. The number of ether oxygens (including phenoxy) is 1. The maximum Gasteiger partial charge on any atom is 0.258 e. The summed E-state index contributed by atoms with van der Waals surface area (Å²) in [4.78, 5) is 18.1. The summed E-state index contributed by atoms with van der Waals surface area (Å²) in [6.07, 6.45) is 1.81. The molecule has 0 atom stereocenters. The average Bonchev–Trinajstić information content (AvgIpc) is 3.19. The van der Waals surface area contributed by atoms with E-state index < -0.39 is 5.13 Å². The summed E-state index contributed by atoms with van der Waals surface area (Å²) in [5.74, 6) is -0.312. The van der Waals surface area contributed by atoms with E-state index in [1.165, 1.54) is 11.3 Å². The number of anilines is 2. The number of aromatic nitrogens is 1. The highest BCUT2D eigenvalue weighted by molar-refractivity contribution is 7.16. The molecule has 8 heteroatoms. The van der Waals surface area contributed by atoms with Gasteiger partial charge in [0.1, 0.15) is 0 Å². The molecular formula is C18H18FN3O2S2. The smallest absolute Gasteiger partial charge is 0.258 e. The zero-order valence-electron chi connectivity index (χ0n) is 14.3. The summed E-state index contributed by atoms with van der Waals surface area (Å²) in [7, 11) is 1.65. The molecule has 3 rings (SSSR count). The minimum atomic E-state index is -0.441. The molecule has 0 saturated heterocycles. The van der Waals surface area contributed by atoms with Gasteiger partial charge in [0.05, 0.1) is 18.4 Å². The van der Waals surface area contributed by atoms with Gasteiger partial charge in [-0.2, -0.15) is 4.39 Å². The van der Waals surface area contributed by atoms with E-state index in [1.807, 2.05) is 31.2 Å². The second kappa shape index (κ2) is 7.94. The summed E-state index contributed by atoms with van der Waals surface area (Å²) in [5, 5.41) is 2.42. The third-order valence-electron chi connectivity index (χ3n) is 3.90. The highest BCUT2D eigenvalue weighted by Crippen LogP contribution is 2.36. The van der Waals surface area contributed by atoms with Gasteiger partial charge in [-0.25, -0.2) is 4.98 Å². The normalized spacial score (nSPS) is 10.9. The fourth-order valence-corrected chi connectivity index (χ4v) is 4.17. The van der Waals surface area contributed by atoms with Crippen molar-refractivity contribution in [3.63, 3.8) is 0 Å². The first kappa shape index (κ1) is 18.5. The molecule has 0 aliphatic carbocycles. The van der Waals surface area contributed by atoms with Crippen molar-refractivity contribution in [2.45, 2.75) is 13.3 Å². The fourth-order valence-electron chi connectivity index (χ4n) is 2.57. The number of carbonyl (C=O) groups excluding carboxylic acids is 1. The molecule has 136 valence electrons. The first-order valence-corrected chi connectivity index (χ1v) is 9.52. The Bertz CT molecular complexity index is 936. The molecule has 2 heterocycles. The summed E-state index contributed by atoms with van der Waals surface area (Å²) >= 11 is 2.29. The van der Waals surface area contributed by atoms with Crippen molar-refractivity contribution in [1.82, 2.24) is 4.98 Å². The van der Waals surface area contributed by atoms with Crippen LogP contribution in [0.5, 0.6) is 0 Å². The number of aryl methyl sites for hydroxylation is 1. The quantitative estimate of drug-likeness (QED) is 0.613. The van der Waals surface area contributed by atoms with E-state index in [0.29, 0.717) is 17.9 Å². The van der Waals surface area contributed by atoms with Gasteiger partial charge in [-0.05, 0) is 25.0 Å². The SMILES string of the molecule is COCCc1cccc(-c2cc(C(=O)Nc3ncc(F)s3)c(C)s2)c1N. The lowest BCUT2D eigenvalue weighted by Crippen LogP contribution is -2.11. The molecule has 5 nitrogen and oxygen atoms in total. The van der Waals surface area contributed by atoms with E-state index in [1.54, 1.807) is 7.11 Å². The lowest BCUT2D eigenvalue weighted by atomic mass is 10.0. The highest BCUT2D eigenvalue weighted by Gasteiger charge is 2.17. The number of nitrogens with one attached hydrogen (secondary N) is 1. The van der Waals surface area contributed by atoms with Gasteiger partial charge in [-0.15, -0.1) is 11.3 Å². The molecule has 0 aliphatic rings. The molecule has 0 aliphatic heterocycles. The molecule has 3 aromatic rings. The van der Waals surface area contributed by atoms with Crippen molar-refractivity contribution in [2.75, 3.05) is 24.8 Å². The number of rotatable bonds is 6. The van der Waals surface area contributed by atoms with Crippen molar-refractivity contribution >= 4 is 39.4 Å². The number of benzene rings is 1. The van der Waals surface area contributed by atoms with Crippen LogP contribution in [0.4, 0.5) is 15.2 Å².